The molecule has 4 aliphatic rings. The van der Waals surface area contributed by atoms with E-state index in [4.69, 9.17) is 4.74 Å². The van der Waals surface area contributed by atoms with Crippen molar-refractivity contribution >= 4 is 15.8 Å². The third-order valence-electron chi connectivity index (χ3n) is 7.14. The van der Waals surface area contributed by atoms with Crippen LogP contribution in [0, 0.1) is 11.8 Å². The van der Waals surface area contributed by atoms with Crippen molar-refractivity contribution in [1.82, 2.24) is 14.2 Å². The van der Waals surface area contributed by atoms with Gasteiger partial charge in [0.1, 0.15) is 10.7 Å². The molecule has 154 valence electrons. The van der Waals surface area contributed by atoms with E-state index in [1.165, 1.54) is 36.2 Å². The van der Waals surface area contributed by atoms with E-state index in [1.54, 1.807) is 6.07 Å². The second-order valence-corrected chi connectivity index (χ2v) is 10.6. The van der Waals surface area contributed by atoms with Crippen LogP contribution in [-0.4, -0.2) is 81.1 Å². The van der Waals surface area contributed by atoms with Gasteiger partial charge in [0.2, 0.25) is 10.0 Å². The quantitative estimate of drug-likeness (QED) is 0.753. The van der Waals surface area contributed by atoms with Gasteiger partial charge in [-0.2, -0.15) is 4.31 Å². The zero-order valence-electron chi connectivity index (χ0n) is 16.4. The van der Waals surface area contributed by atoms with Gasteiger partial charge in [-0.15, -0.1) is 0 Å². The first-order chi connectivity index (χ1) is 13.6. The monoisotopic (exact) mass is 406 g/mol. The Balaban J connectivity index is 1.21. The normalized spacial score (nSPS) is 32.1. The second-order valence-electron chi connectivity index (χ2n) is 8.63. The third kappa shape index (κ3) is 3.44. The summed E-state index contributed by atoms with van der Waals surface area (Å²) in [6.45, 7) is 5.85. The van der Waals surface area contributed by atoms with Crippen molar-refractivity contribution in [2.24, 2.45) is 11.8 Å². The standard InChI is InChI=1S/C20H30N4O3S/c25-28(26,24-9-11-27-12-10-24)18-3-4-20(21-15-18)23-7-5-22(6-8-23)19-14-16-1-2-17(19)13-16/h3-4,15-17,19H,1-2,5-14H2. The third-order valence-corrected chi connectivity index (χ3v) is 9.02. The molecular weight excluding hydrogens is 376 g/mol. The van der Waals surface area contributed by atoms with E-state index in [0.717, 1.165) is 49.9 Å². The van der Waals surface area contributed by atoms with Gasteiger partial charge < -0.3 is 9.64 Å². The number of rotatable bonds is 4. The number of hydrogen-bond donors (Lipinski definition) is 0. The molecule has 1 aromatic heterocycles. The molecule has 0 aromatic carbocycles. The summed E-state index contributed by atoms with van der Waals surface area (Å²) in [5.41, 5.74) is 0. The largest absolute Gasteiger partial charge is 0.379 e. The van der Waals surface area contributed by atoms with E-state index < -0.39 is 10.0 Å². The van der Waals surface area contributed by atoms with Crippen molar-refractivity contribution in [2.45, 2.75) is 36.6 Å². The molecule has 0 N–H and O–H groups in total. The Kier molecular flexibility index (Phi) is 5.07. The first-order valence-corrected chi connectivity index (χ1v) is 12.1. The van der Waals surface area contributed by atoms with E-state index >= 15 is 0 Å². The first kappa shape index (κ1) is 18.8. The van der Waals surface area contributed by atoms with Crippen LogP contribution in [0.15, 0.2) is 23.2 Å². The summed E-state index contributed by atoms with van der Waals surface area (Å²) in [5.74, 6) is 2.79. The molecule has 1 aromatic rings. The Labute approximate surface area is 167 Å². The number of ether oxygens (including phenoxy) is 1. The van der Waals surface area contributed by atoms with Crippen LogP contribution in [0.5, 0.6) is 0 Å². The summed E-state index contributed by atoms with van der Waals surface area (Å²) in [6, 6.07) is 4.37. The number of sulfonamides is 1. The molecular formula is C20H30N4O3S. The van der Waals surface area contributed by atoms with Crippen molar-refractivity contribution in [3.05, 3.63) is 18.3 Å². The lowest BCUT2D eigenvalue weighted by Crippen LogP contribution is -2.52. The van der Waals surface area contributed by atoms with Crippen molar-refractivity contribution in [3.8, 4) is 0 Å². The highest BCUT2D eigenvalue weighted by Gasteiger charge is 2.42. The predicted molar refractivity (Wildman–Crippen MR) is 107 cm³/mol. The smallest absolute Gasteiger partial charge is 0.244 e. The molecule has 2 aliphatic carbocycles. The molecule has 28 heavy (non-hydrogen) atoms. The number of fused-ring (bicyclic) bond motifs is 2. The molecule has 2 saturated carbocycles. The Hall–Kier alpha value is -1.22. The van der Waals surface area contributed by atoms with Crippen molar-refractivity contribution in [1.29, 1.82) is 0 Å². The molecule has 8 heteroatoms. The van der Waals surface area contributed by atoms with E-state index in [1.807, 2.05) is 6.07 Å². The molecule has 0 amide bonds. The van der Waals surface area contributed by atoms with Gasteiger partial charge in [-0.05, 0) is 43.2 Å². The molecule has 0 radical (unpaired) electrons. The van der Waals surface area contributed by atoms with Gasteiger partial charge in [0, 0.05) is 51.5 Å². The Bertz CT molecular complexity index is 786. The van der Waals surface area contributed by atoms with E-state index in [-0.39, 0.29) is 4.90 Å². The SMILES string of the molecule is O=S(=O)(c1ccc(N2CCN(C3CC4CCC3C4)CC2)nc1)N1CCOCC1. The molecule has 2 saturated heterocycles. The first-order valence-electron chi connectivity index (χ1n) is 10.6. The maximum atomic E-state index is 12.7. The fraction of sp³-hybridized carbons (Fsp3) is 0.750. The van der Waals surface area contributed by atoms with Crippen LogP contribution in [0.4, 0.5) is 5.82 Å². The second kappa shape index (κ2) is 7.55. The lowest BCUT2D eigenvalue weighted by Gasteiger charge is -2.41. The molecule has 4 fully saturated rings. The number of piperazine rings is 1. The highest BCUT2D eigenvalue weighted by atomic mass is 32.2. The minimum atomic E-state index is -3.47. The summed E-state index contributed by atoms with van der Waals surface area (Å²) in [6.07, 6.45) is 7.24. The van der Waals surface area contributed by atoms with Gasteiger partial charge in [0.15, 0.2) is 0 Å². The molecule has 0 spiro atoms. The lowest BCUT2D eigenvalue weighted by molar-refractivity contribution is 0.0730. The van der Waals surface area contributed by atoms with Crippen LogP contribution in [-0.2, 0) is 14.8 Å². The average Bonchev–Trinajstić information content (AvgIpc) is 3.38. The number of aromatic nitrogens is 1. The average molecular weight is 407 g/mol. The lowest BCUT2D eigenvalue weighted by atomic mass is 9.93. The Morgan fingerprint density at radius 3 is 2.36 bits per heavy atom. The van der Waals surface area contributed by atoms with E-state index in [0.29, 0.717) is 26.3 Å². The minimum absolute atomic E-state index is 0.277. The summed E-state index contributed by atoms with van der Waals surface area (Å²) in [5, 5.41) is 0. The van der Waals surface area contributed by atoms with Crippen LogP contribution in [0.2, 0.25) is 0 Å². The summed E-state index contributed by atoms with van der Waals surface area (Å²) in [7, 11) is -3.47. The van der Waals surface area contributed by atoms with Gasteiger partial charge in [0.05, 0.1) is 13.2 Å². The maximum absolute atomic E-state index is 12.7. The zero-order chi connectivity index (χ0) is 19.1. The van der Waals surface area contributed by atoms with Gasteiger partial charge in [-0.25, -0.2) is 13.4 Å². The maximum Gasteiger partial charge on any atom is 0.244 e. The predicted octanol–water partition coefficient (Wildman–Crippen LogP) is 1.41. The van der Waals surface area contributed by atoms with Crippen molar-refractivity contribution in [3.63, 3.8) is 0 Å². The van der Waals surface area contributed by atoms with E-state index in [9.17, 15) is 8.42 Å². The minimum Gasteiger partial charge on any atom is -0.379 e. The van der Waals surface area contributed by atoms with Gasteiger partial charge >= 0.3 is 0 Å². The fourth-order valence-corrected chi connectivity index (χ4v) is 6.94. The highest BCUT2D eigenvalue weighted by molar-refractivity contribution is 7.89. The molecule has 3 heterocycles. The van der Waals surface area contributed by atoms with Gasteiger partial charge in [-0.3, -0.25) is 4.90 Å². The Morgan fingerprint density at radius 2 is 1.75 bits per heavy atom. The topological polar surface area (TPSA) is 66.0 Å². The van der Waals surface area contributed by atoms with Crippen LogP contribution < -0.4 is 4.90 Å². The van der Waals surface area contributed by atoms with Gasteiger partial charge in [-0.1, -0.05) is 6.42 Å². The number of pyridine rings is 1. The number of hydrogen-bond acceptors (Lipinski definition) is 6. The molecule has 2 bridgehead atoms. The molecule has 2 aliphatic heterocycles. The summed E-state index contributed by atoms with van der Waals surface area (Å²) in [4.78, 5) is 9.75. The number of anilines is 1. The number of morpholine rings is 1. The summed E-state index contributed by atoms with van der Waals surface area (Å²) < 4.78 is 32.2. The van der Waals surface area contributed by atoms with Crippen molar-refractivity contribution in [2.75, 3.05) is 57.4 Å². The summed E-state index contributed by atoms with van der Waals surface area (Å²) >= 11 is 0. The number of nitrogens with zero attached hydrogens (tertiary/aromatic N) is 4. The van der Waals surface area contributed by atoms with Crippen molar-refractivity contribution < 1.29 is 13.2 Å². The Morgan fingerprint density at radius 1 is 0.964 bits per heavy atom. The fourth-order valence-electron chi connectivity index (χ4n) is 5.59. The highest BCUT2D eigenvalue weighted by Crippen LogP contribution is 2.46. The van der Waals surface area contributed by atoms with Crippen LogP contribution in [0.1, 0.15) is 25.7 Å². The van der Waals surface area contributed by atoms with Crippen LogP contribution in [0.25, 0.3) is 0 Å². The zero-order valence-corrected chi connectivity index (χ0v) is 17.2. The molecule has 5 rings (SSSR count). The van der Waals surface area contributed by atoms with E-state index in [2.05, 4.69) is 14.8 Å². The van der Waals surface area contributed by atoms with Crippen LogP contribution in [0.3, 0.4) is 0 Å². The molecule has 3 atom stereocenters. The molecule has 7 nitrogen and oxygen atoms in total. The van der Waals surface area contributed by atoms with Crippen LogP contribution >= 0.6 is 0 Å². The molecule has 3 unspecified atom stereocenters. The van der Waals surface area contributed by atoms with Gasteiger partial charge in [0.25, 0.3) is 0 Å².